The number of hydrogen-bond donors (Lipinski definition) is 2. The number of carbonyl (C=O) groups is 4. The van der Waals surface area contributed by atoms with Crippen LogP contribution in [0.4, 0.5) is 5.69 Å². The smallest absolute Gasteiger partial charge is 0.267 e. The molecule has 1 saturated heterocycles. The van der Waals surface area contributed by atoms with E-state index in [1.54, 1.807) is 46.2 Å². The van der Waals surface area contributed by atoms with Crippen LogP contribution in [0.25, 0.3) is 0 Å². The number of rotatable bonds is 3. The number of ether oxygens (including phenoxy) is 2. The molecule has 0 aliphatic carbocycles. The number of amides is 4. The molecule has 0 radical (unpaired) electrons. The fraction of sp³-hybridized carbons (Fsp3) is 0.333. The third-order valence-electron chi connectivity index (χ3n) is 6.16. The van der Waals surface area contributed by atoms with Crippen LogP contribution in [0.5, 0.6) is 11.5 Å². The number of carbonyl (C=O) groups excluding carboxylic acids is 4. The van der Waals surface area contributed by atoms with Crippen molar-refractivity contribution in [3.63, 3.8) is 0 Å². The lowest BCUT2D eigenvalue weighted by atomic mass is 10.1. The maximum absolute atomic E-state index is 12.9. The summed E-state index contributed by atoms with van der Waals surface area (Å²) < 4.78 is 11.4. The quantitative estimate of drug-likeness (QED) is 0.689. The normalized spacial score (nSPS) is 21.6. The first-order chi connectivity index (χ1) is 16.5. The SMILES string of the molecule is O=C1NC(CC(=O)N2CCN(C(=O)C3COc4ccccc4O3)CC2)C(=O)Nc2ccccc21. The van der Waals surface area contributed by atoms with Gasteiger partial charge in [0.15, 0.2) is 11.5 Å². The van der Waals surface area contributed by atoms with Gasteiger partial charge in [-0.3, -0.25) is 19.2 Å². The lowest BCUT2D eigenvalue weighted by Gasteiger charge is -2.37. The highest BCUT2D eigenvalue weighted by Gasteiger charge is 2.35. The summed E-state index contributed by atoms with van der Waals surface area (Å²) in [5.41, 5.74) is 0.776. The largest absolute Gasteiger partial charge is 0.485 e. The highest BCUT2D eigenvalue weighted by molar-refractivity contribution is 6.10. The van der Waals surface area contributed by atoms with E-state index in [2.05, 4.69) is 10.6 Å². The number of hydrogen-bond acceptors (Lipinski definition) is 6. The second-order valence-corrected chi connectivity index (χ2v) is 8.34. The molecule has 3 aliphatic heterocycles. The van der Waals surface area contributed by atoms with Gasteiger partial charge in [0.2, 0.25) is 17.9 Å². The highest BCUT2D eigenvalue weighted by Crippen LogP contribution is 2.31. The minimum absolute atomic E-state index is 0.133. The Balaban J connectivity index is 1.15. The van der Waals surface area contributed by atoms with Gasteiger partial charge in [-0.1, -0.05) is 24.3 Å². The Morgan fingerprint density at radius 1 is 0.912 bits per heavy atom. The molecule has 2 N–H and O–H groups in total. The van der Waals surface area contributed by atoms with Gasteiger partial charge in [0.25, 0.3) is 11.8 Å². The minimum atomic E-state index is -0.972. The predicted molar refractivity (Wildman–Crippen MR) is 120 cm³/mol. The van der Waals surface area contributed by atoms with Gasteiger partial charge in [0.05, 0.1) is 17.7 Å². The maximum Gasteiger partial charge on any atom is 0.267 e. The average Bonchev–Trinajstić information content (AvgIpc) is 2.99. The Morgan fingerprint density at radius 2 is 1.59 bits per heavy atom. The molecule has 0 aromatic heterocycles. The van der Waals surface area contributed by atoms with Gasteiger partial charge in [0, 0.05) is 26.2 Å². The molecule has 34 heavy (non-hydrogen) atoms. The molecule has 176 valence electrons. The Labute approximate surface area is 195 Å². The van der Waals surface area contributed by atoms with Crippen LogP contribution in [-0.2, 0) is 14.4 Å². The summed E-state index contributed by atoms with van der Waals surface area (Å²) in [7, 11) is 0. The van der Waals surface area contributed by atoms with Crippen molar-refractivity contribution in [1.29, 1.82) is 0 Å². The van der Waals surface area contributed by atoms with Crippen molar-refractivity contribution in [3.8, 4) is 11.5 Å². The molecular weight excluding hydrogens is 440 g/mol. The summed E-state index contributed by atoms with van der Waals surface area (Å²) in [6.45, 7) is 1.49. The van der Waals surface area contributed by atoms with Crippen LogP contribution < -0.4 is 20.1 Å². The predicted octanol–water partition coefficient (Wildman–Crippen LogP) is 0.638. The molecular formula is C24H24N4O6. The molecule has 2 aromatic carbocycles. The number of fused-ring (bicyclic) bond motifs is 2. The van der Waals surface area contributed by atoms with E-state index in [0.717, 1.165) is 0 Å². The molecule has 2 unspecified atom stereocenters. The molecule has 0 saturated carbocycles. The Bertz CT molecular complexity index is 1140. The zero-order valence-electron chi connectivity index (χ0n) is 18.4. The third kappa shape index (κ3) is 4.26. The van der Waals surface area contributed by atoms with Gasteiger partial charge in [-0.25, -0.2) is 0 Å². The van der Waals surface area contributed by atoms with Crippen molar-refractivity contribution in [2.75, 3.05) is 38.1 Å². The molecule has 0 bridgehead atoms. The van der Waals surface area contributed by atoms with Crippen molar-refractivity contribution < 1.29 is 28.7 Å². The number of nitrogens with one attached hydrogen (secondary N) is 2. The van der Waals surface area contributed by atoms with E-state index >= 15 is 0 Å². The summed E-state index contributed by atoms with van der Waals surface area (Å²) in [6, 6.07) is 12.9. The van der Waals surface area contributed by atoms with Crippen LogP contribution in [0.2, 0.25) is 0 Å². The first-order valence-electron chi connectivity index (χ1n) is 11.2. The second-order valence-electron chi connectivity index (χ2n) is 8.34. The van der Waals surface area contributed by atoms with Crippen molar-refractivity contribution in [2.45, 2.75) is 18.6 Å². The maximum atomic E-state index is 12.9. The summed E-state index contributed by atoms with van der Waals surface area (Å²) >= 11 is 0. The van der Waals surface area contributed by atoms with Gasteiger partial charge in [-0.15, -0.1) is 0 Å². The summed E-state index contributed by atoms with van der Waals surface area (Å²) in [5, 5.41) is 5.34. The molecule has 5 rings (SSSR count). The van der Waals surface area contributed by atoms with Crippen molar-refractivity contribution in [3.05, 3.63) is 54.1 Å². The fourth-order valence-corrected chi connectivity index (χ4v) is 4.28. The number of piperazine rings is 1. The second kappa shape index (κ2) is 9.05. The van der Waals surface area contributed by atoms with Crippen LogP contribution in [0, 0.1) is 0 Å². The molecule has 3 heterocycles. The first-order valence-corrected chi connectivity index (χ1v) is 11.2. The summed E-state index contributed by atoms with van der Waals surface area (Å²) in [5.74, 6) is -0.139. The zero-order valence-corrected chi connectivity index (χ0v) is 18.4. The van der Waals surface area contributed by atoms with Crippen LogP contribution >= 0.6 is 0 Å². The van der Waals surface area contributed by atoms with E-state index in [1.165, 1.54) is 0 Å². The van der Waals surface area contributed by atoms with E-state index in [-0.39, 0.29) is 24.8 Å². The third-order valence-corrected chi connectivity index (χ3v) is 6.16. The van der Waals surface area contributed by atoms with Crippen molar-refractivity contribution in [2.24, 2.45) is 0 Å². The molecule has 2 aromatic rings. The number of benzene rings is 2. The van der Waals surface area contributed by atoms with Crippen LogP contribution in [0.1, 0.15) is 16.8 Å². The number of nitrogens with zero attached hydrogens (tertiary/aromatic N) is 2. The molecule has 10 nitrogen and oxygen atoms in total. The Kier molecular flexibility index (Phi) is 5.79. The van der Waals surface area contributed by atoms with Gasteiger partial charge >= 0.3 is 0 Å². The van der Waals surface area contributed by atoms with E-state index < -0.39 is 24.0 Å². The Morgan fingerprint density at radius 3 is 2.38 bits per heavy atom. The van der Waals surface area contributed by atoms with Crippen LogP contribution in [0.15, 0.2) is 48.5 Å². The number of para-hydroxylation sites is 3. The molecule has 10 heteroatoms. The van der Waals surface area contributed by atoms with Crippen molar-refractivity contribution >= 4 is 29.3 Å². The van der Waals surface area contributed by atoms with Crippen LogP contribution in [-0.4, -0.2) is 78.4 Å². The number of anilines is 1. The van der Waals surface area contributed by atoms with E-state index in [1.807, 2.05) is 12.1 Å². The summed E-state index contributed by atoms with van der Waals surface area (Å²) in [4.78, 5) is 54.1. The molecule has 0 spiro atoms. The Hall–Kier alpha value is -4.08. The molecule has 3 aliphatic rings. The van der Waals surface area contributed by atoms with E-state index in [0.29, 0.717) is 48.9 Å². The van der Waals surface area contributed by atoms with Gasteiger partial charge in [0.1, 0.15) is 12.6 Å². The fourth-order valence-electron chi connectivity index (χ4n) is 4.28. The van der Waals surface area contributed by atoms with Gasteiger partial charge < -0.3 is 29.9 Å². The monoisotopic (exact) mass is 464 g/mol. The van der Waals surface area contributed by atoms with E-state index in [9.17, 15) is 19.2 Å². The highest BCUT2D eigenvalue weighted by atomic mass is 16.6. The topological polar surface area (TPSA) is 117 Å². The average molecular weight is 464 g/mol. The molecule has 2 atom stereocenters. The minimum Gasteiger partial charge on any atom is -0.485 e. The van der Waals surface area contributed by atoms with Gasteiger partial charge in [-0.2, -0.15) is 0 Å². The standard InChI is InChI=1S/C24H24N4O6/c29-21(13-17-23(31)25-16-6-2-1-5-15(16)22(30)26-17)27-9-11-28(12-10-27)24(32)20-14-33-18-7-3-4-8-19(18)34-20/h1-8,17,20H,9-14H2,(H,25,31)(H,26,30). The molecule has 4 amide bonds. The first kappa shape index (κ1) is 21.7. The van der Waals surface area contributed by atoms with Crippen LogP contribution in [0.3, 0.4) is 0 Å². The lowest BCUT2D eigenvalue weighted by Crippen LogP contribution is -2.56. The molecule has 1 fully saturated rings. The zero-order chi connectivity index (χ0) is 23.7. The van der Waals surface area contributed by atoms with E-state index in [4.69, 9.17) is 9.47 Å². The van der Waals surface area contributed by atoms with Crippen molar-refractivity contribution in [1.82, 2.24) is 15.1 Å². The lowest BCUT2D eigenvalue weighted by molar-refractivity contribution is -0.146. The summed E-state index contributed by atoms with van der Waals surface area (Å²) in [6.07, 6.45) is -0.890. The van der Waals surface area contributed by atoms with Gasteiger partial charge in [-0.05, 0) is 24.3 Å².